The van der Waals surface area contributed by atoms with Crippen molar-refractivity contribution < 1.29 is 14.3 Å². The van der Waals surface area contributed by atoms with Gasteiger partial charge in [0.1, 0.15) is 10.9 Å². The Balaban J connectivity index is 1.60. The maximum Gasteiger partial charge on any atom is 0.325 e. The smallest absolute Gasteiger partial charge is 0.325 e. The number of ether oxygens (including phenoxy) is 1. The summed E-state index contributed by atoms with van der Waals surface area (Å²) in [7, 11) is 1.38. The molecule has 1 saturated heterocycles. The minimum atomic E-state index is -0.853. The van der Waals surface area contributed by atoms with Crippen LogP contribution in [0, 0.1) is 5.92 Å². The first kappa shape index (κ1) is 16.4. The Morgan fingerprint density at radius 3 is 2.84 bits per heavy atom. The predicted molar refractivity (Wildman–Crippen MR) is 98.4 cm³/mol. The normalized spacial score (nSPS) is 27.7. The van der Waals surface area contributed by atoms with Crippen molar-refractivity contribution in [1.82, 2.24) is 9.47 Å². The molecule has 0 radical (unpaired) electrons. The molecule has 3 heterocycles. The molecule has 2 aromatic rings. The zero-order valence-electron chi connectivity index (χ0n) is 13.9. The topological polar surface area (TPSA) is 51.5 Å². The van der Waals surface area contributed by atoms with Gasteiger partial charge in [-0.1, -0.05) is 46.3 Å². The molecule has 2 bridgehead atoms. The molecule has 1 aromatic heterocycles. The predicted octanol–water partition coefficient (Wildman–Crippen LogP) is 2.73. The largest absolute Gasteiger partial charge is 0.468 e. The number of benzene rings is 1. The van der Waals surface area contributed by atoms with Gasteiger partial charge in [-0.05, 0) is 29.9 Å². The lowest BCUT2D eigenvalue weighted by atomic mass is 9.77. The van der Waals surface area contributed by atoms with E-state index in [9.17, 15) is 9.59 Å². The Labute approximate surface area is 154 Å². The number of methoxy groups -OCH3 is 1. The van der Waals surface area contributed by atoms with Crippen LogP contribution in [0.15, 0.2) is 48.7 Å². The molecule has 3 unspecified atom stereocenters. The fourth-order valence-corrected chi connectivity index (χ4v) is 4.95. The summed E-state index contributed by atoms with van der Waals surface area (Å²) in [5.74, 6) is -0.155. The number of esters is 1. The molecular weight excluding hydrogens is 384 g/mol. The number of alkyl halides is 1. The summed E-state index contributed by atoms with van der Waals surface area (Å²) in [4.78, 5) is 27.1. The first-order valence-electron chi connectivity index (χ1n) is 8.32. The number of carbonyl (C=O) groups is 2. The molecule has 0 N–H and O–H groups in total. The quantitative estimate of drug-likeness (QED) is 0.450. The number of piperidine rings is 1. The Morgan fingerprint density at radius 2 is 2.08 bits per heavy atom. The van der Waals surface area contributed by atoms with E-state index in [4.69, 9.17) is 4.74 Å². The monoisotopic (exact) mass is 402 g/mol. The van der Waals surface area contributed by atoms with Crippen molar-refractivity contribution in [3.8, 4) is 0 Å². The lowest BCUT2D eigenvalue weighted by Gasteiger charge is -2.49. The van der Waals surface area contributed by atoms with Crippen molar-refractivity contribution in [2.24, 2.45) is 5.92 Å². The summed E-state index contributed by atoms with van der Waals surface area (Å²) in [6, 6.07) is 9.68. The summed E-state index contributed by atoms with van der Waals surface area (Å²) in [6.07, 6.45) is 6.64. The molecular formula is C19H19BrN2O3. The summed E-state index contributed by atoms with van der Waals surface area (Å²) in [5, 5.41) is 1.11. The molecule has 130 valence electrons. The molecule has 1 aromatic carbocycles. The molecule has 5 nitrogen and oxygen atoms in total. The van der Waals surface area contributed by atoms with Gasteiger partial charge in [0.05, 0.1) is 13.2 Å². The van der Waals surface area contributed by atoms with Crippen LogP contribution in [0.1, 0.15) is 6.42 Å². The zero-order valence-corrected chi connectivity index (χ0v) is 15.5. The van der Waals surface area contributed by atoms with Crippen LogP contribution < -0.4 is 0 Å². The minimum Gasteiger partial charge on any atom is -0.468 e. The molecule has 1 aliphatic carbocycles. The highest BCUT2D eigenvalue weighted by atomic mass is 79.9. The Hall–Kier alpha value is -2.08. The maximum atomic E-state index is 13.0. The number of hydrogen-bond donors (Lipinski definition) is 0. The highest BCUT2D eigenvalue weighted by molar-refractivity contribution is 9.10. The highest BCUT2D eigenvalue weighted by Crippen LogP contribution is 2.44. The van der Waals surface area contributed by atoms with Gasteiger partial charge in [-0.2, -0.15) is 0 Å². The van der Waals surface area contributed by atoms with E-state index < -0.39 is 4.32 Å². The van der Waals surface area contributed by atoms with E-state index in [1.54, 1.807) is 4.90 Å². The number of halogens is 1. The number of fused-ring (bicyclic) bond motifs is 3. The van der Waals surface area contributed by atoms with E-state index in [0.717, 1.165) is 10.9 Å². The first-order valence-corrected chi connectivity index (χ1v) is 9.11. The van der Waals surface area contributed by atoms with Crippen LogP contribution in [-0.2, 0) is 20.9 Å². The van der Waals surface area contributed by atoms with Gasteiger partial charge in [-0.15, -0.1) is 0 Å². The van der Waals surface area contributed by atoms with E-state index in [1.807, 2.05) is 47.2 Å². The van der Waals surface area contributed by atoms with E-state index in [-0.39, 0.29) is 30.4 Å². The molecule has 0 saturated carbocycles. The number of amides is 1. The zero-order chi connectivity index (χ0) is 17.6. The Kier molecular flexibility index (Phi) is 3.95. The molecule has 5 rings (SSSR count). The van der Waals surface area contributed by atoms with Crippen LogP contribution in [-0.4, -0.2) is 45.4 Å². The van der Waals surface area contributed by atoms with Gasteiger partial charge in [0, 0.05) is 18.3 Å². The number of hydrogen-bond acceptors (Lipinski definition) is 3. The number of nitrogens with zero attached hydrogens (tertiary/aromatic N) is 2. The van der Waals surface area contributed by atoms with Crippen LogP contribution in [0.5, 0.6) is 0 Å². The van der Waals surface area contributed by atoms with Gasteiger partial charge >= 0.3 is 5.97 Å². The van der Waals surface area contributed by atoms with Crippen molar-refractivity contribution in [2.75, 3.05) is 13.7 Å². The van der Waals surface area contributed by atoms with E-state index in [0.29, 0.717) is 13.0 Å². The fraction of sp³-hybridized carbons (Fsp3) is 0.368. The summed E-state index contributed by atoms with van der Waals surface area (Å²) < 4.78 is 6.08. The molecule has 6 heteroatoms. The maximum absolute atomic E-state index is 13.0. The molecule has 1 amide bonds. The average Bonchev–Trinajstić information content (AvgIpc) is 3.04. The van der Waals surface area contributed by atoms with Crippen LogP contribution >= 0.6 is 15.9 Å². The number of aromatic nitrogens is 1. The van der Waals surface area contributed by atoms with Gasteiger partial charge in [0.15, 0.2) is 0 Å². The van der Waals surface area contributed by atoms with Gasteiger partial charge in [0.2, 0.25) is 5.91 Å². The number of rotatable bonds is 3. The van der Waals surface area contributed by atoms with E-state index in [1.165, 1.54) is 7.11 Å². The number of carbonyl (C=O) groups excluding carboxylic acids is 2. The van der Waals surface area contributed by atoms with Gasteiger partial charge < -0.3 is 14.2 Å². The molecule has 2 aliphatic heterocycles. The Bertz CT molecular complexity index is 874. The van der Waals surface area contributed by atoms with Crippen molar-refractivity contribution >= 4 is 38.7 Å². The molecule has 3 aliphatic rings. The fourth-order valence-electron chi connectivity index (χ4n) is 3.97. The molecule has 1 fully saturated rings. The van der Waals surface area contributed by atoms with Crippen LogP contribution in [0.4, 0.5) is 0 Å². The lowest BCUT2D eigenvalue weighted by Crippen LogP contribution is -2.63. The third-order valence-corrected chi connectivity index (χ3v) is 6.31. The Morgan fingerprint density at radius 1 is 1.28 bits per heavy atom. The lowest BCUT2D eigenvalue weighted by molar-refractivity contribution is -0.149. The summed E-state index contributed by atoms with van der Waals surface area (Å²) >= 11 is 3.58. The van der Waals surface area contributed by atoms with Gasteiger partial charge in [-0.3, -0.25) is 9.59 Å². The van der Waals surface area contributed by atoms with Crippen LogP contribution in [0.2, 0.25) is 0 Å². The van der Waals surface area contributed by atoms with Crippen molar-refractivity contribution in [3.05, 3.63) is 48.7 Å². The number of para-hydroxylation sites is 1. The summed E-state index contributed by atoms with van der Waals surface area (Å²) in [5.41, 5.74) is 1.03. The van der Waals surface area contributed by atoms with Gasteiger partial charge in [0.25, 0.3) is 0 Å². The van der Waals surface area contributed by atoms with Crippen molar-refractivity contribution in [3.63, 3.8) is 0 Å². The summed E-state index contributed by atoms with van der Waals surface area (Å²) in [6.45, 7) is 0.901. The van der Waals surface area contributed by atoms with Crippen LogP contribution in [0.3, 0.4) is 0 Å². The molecule has 3 atom stereocenters. The second-order valence-corrected chi connectivity index (χ2v) is 8.11. The minimum absolute atomic E-state index is 0.00753. The average molecular weight is 403 g/mol. The van der Waals surface area contributed by atoms with Crippen LogP contribution in [0.25, 0.3) is 10.9 Å². The van der Waals surface area contributed by atoms with E-state index >= 15 is 0 Å². The van der Waals surface area contributed by atoms with Crippen molar-refractivity contribution in [1.29, 1.82) is 0 Å². The van der Waals surface area contributed by atoms with Crippen molar-refractivity contribution in [2.45, 2.75) is 23.3 Å². The highest BCUT2D eigenvalue weighted by Gasteiger charge is 2.54. The third-order valence-electron chi connectivity index (χ3n) is 5.19. The molecule has 0 spiro atoms. The first-order chi connectivity index (χ1) is 12.0. The third kappa shape index (κ3) is 2.59. The second kappa shape index (κ2) is 6.02. The SMILES string of the molecule is COC(=O)C1(Br)CC2C=CC1N(C(=O)Cn1ccc3ccccc31)C2. The van der Waals surface area contributed by atoms with E-state index in [2.05, 4.69) is 22.0 Å². The second-order valence-electron chi connectivity index (χ2n) is 6.70. The standard InChI is InChI=1S/C19H19BrN2O3/c1-25-18(24)19(20)10-13-6-7-16(19)22(11-13)17(23)12-21-9-8-14-4-2-3-5-15(14)21/h2-9,13,16H,10-12H2,1H3. The van der Waals surface area contributed by atoms with Gasteiger partial charge in [-0.25, -0.2) is 0 Å². The molecule has 25 heavy (non-hydrogen) atoms.